The number of hydrogen-bond acceptors (Lipinski definition) is 1. The molecule has 4 rings (SSSR count). The lowest BCUT2D eigenvalue weighted by molar-refractivity contribution is 0.194. The van der Waals surface area contributed by atoms with Crippen LogP contribution in [-0.4, -0.2) is 6.61 Å². The van der Waals surface area contributed by atoms with E-state index in [-0.39, 0.29) is 5.60 Å². The van der Waals surface area contributed by atoms with Crippen LogP contribution in [0.5, 0.6) is 0 Å². The highest BCUT2D eigenvalue weighted by molar-refractivity contribution is 5.55. The Kier molecular flexibility index (Phi) is 5.61. The first kappa shape index (κ1) is 18.5. The van der Waals surface area contributed by atoms with Gasteiger partial charge in [0.25, 0.3) is 0 Å². The molecule has 2 fully saturated rings. The van der Waals surface area contributed by atoms with Crippen LogP contribution in [-0.2, 0) is 15.8 Å². The maximum Gasteiger partial charge on any atom is 0.118 e. The zero-order valence-electron chi connectivity index (χ0n) is 16.4. The molecule has 2 spiro atoms. The average Bonchev–Trinajstić information content (AvgIpc) is 3.29. The summed E-state index contributed by atoms with van der Waals surface area (Å²) >= 11 is 0. The van der Waals surface area contributed by atoms with E-state index in [0.717, 1.165) is 12.5 Å². The minimum absolute atomic E-state index is 0.117. The molecule has 1 unspecified atom stereocenters. The number of rotatable bonds is 0. The Bertz CT molecular complexity index is 531. The van der Waals surface area contributed by atoms with Gasteiger partial charge in [0.1, 0.15) is 5.60 Å². The number of fused-ring (bicyclic) bond motifs is 3. The fraction of sp³-hybridized carbons (Fsp3) is 0.727. The number of hydrogen-bond donors (Lipinski definition) is 0. The minimum Gasteiger partial charge on any atom is -0.364 e. The minimum atomic E-state index is 0.117. The average molecular weight is 317 g/mol. The third-order valence-corrected chi connectivity index (χ3v) is 5.96. The molecular formula is C22H36O. The predicted molar refractivity (Wildman–Crippen MR) is 100 cm³/mol. The van der Waals surface area contributed by atoms with Gasteiger partial charge < -0.3 is 4.74 Å². The smallest absolute Gasteiger partial charge is 0.118 e. The van der Waals surface area contributed by atoms with Crippen molar-refractivity contribution < 1.29 is 4.74 Å². The van der Waals surface area contributed by atoms with E-state index in [0.29, 0.717) is 5.41 Å². The first-order chi connectivity index (χ1) is 11.1. The normalized spacial score (nSPS) is 33.4. The zero-order chi connectivity index (χ0) is 17.3. The second-order valence-electron chi connectivity index (χ2n) is 7.37. The van der Waals surface area contributed by atoms with Gasteiger partial charge in [0.15, 0.2) is 0 Å². The van der Waals surface area contributed by atoms with E-state index in [4.69, 9.17) is 4.74 Å². The van der Waals surface area contributed by atoms with Crippen LogP contribution in [0.2, 0.25) is 0 Å². The van der Waals surface area contributed by atoms with Gasteiger partial charge in [-0.3, -0.25) is 0 Å². The summed E-state index contributed by atoms with van der Waals surface area (Å²) in [5.41, 5.74) is 6.76. The Hall–Kier alpha value is -0.820. The maximum atomic E-state index is 5.97. The van der Waals surface area contributed by atoms with Crippen LogP contribution >= 0.6 is 0 Å². The standard InChI is InChI=1S/C18H24O.2C2H6/c1-12-6-8-17(9-7-12)10-18(11-19-18)16-14(3)5-4-13(2)15(16)17;2*1-2/h4-5,12H,6-11H2,1-3H3;2*1-2H3. The lowest BCUT2D eigenvalue weighted by atomic mass is 9.66. The number of epoxide rings is 1. The summed E-state index contributed by atoms with van der Waals surface area (Å²) in [5.74, 6) is 0.913. The monoisotopic (exact) mass is 316 g/mol. The van der Waals surface area contributed by atoms with E-state index >= 15 is 0 Å². The number of ether oxygens (including phenoxy) is 1. The Labute approximate surface area is 143 Å². The quantitative estimate of drug-likeness (QED) is 0.502. The molecule has 1 aliphatic heterocycles. The summed E-state index contributed by atoms with van der Waals surface area (Å²) in [6.45, 7) is 15.9. The van der Waals surface area contributed by atoms with Crippen molar-refractivity contribution in [1.29, 1.82) is 0 Å². The molecule has 23 heavy (non-hydrogen) atoms. The van der Waals surface area contributed by atoms with E-state index in [1.807, 2.05) is 27.7 Å². The van der Waals surface area contributed by atoms with Gasteiger partial charge >= 0.3 is 0 Å². The molecule has 130 valence electrons. The Morgan fingerprint density at radius 1 is 0.913 bits per heavy atom. The van der Waals surface area contributed by atoms with E-state index in [9.17, 15) is 0 Å². The highest BCUT2D eigenvalue weighted by Crippen LogP contribution is 2.63. The molecule has 2 aliphatic carbocycles. The molecule has 1 aromatic carbocycles. The van der Waals surface area contributed by atoms with Crippen LogP contribution in [0.4, 0.5) is 0 Å². The van der Waals surface area contributed by atoms with Crippen molar-refractivity contribution in [3.8, 4) is 0 Å². The van der Waals surface area contributed by atoms with Crippen LogP contribution in [0.15, 0.2) is 12.1 Å². The van der Waals surface area contributed by atoms with E-state index in [1.165, 1.54) is 43.2 Å². The molecule has 0 bridgehead atoms. The molecular weight excluding hydrogens is 280 g/mol. The molecule has 0 N–H and O–H groups in total. The summed E-state index contributed by atoms with van der Waals surface area (Å²) in [6.07, 6.45) is 6.78. The molecule has 1 saturated carbocycles. The van der Waals surface area contributed by atoms with Gasteiger partial charge in [0, 0.05) is 0 Å². The molecule has 1 nitrogen and oxygen atoms in total. The van der Waals surface area contributed by atoms with Crippen LogP contribution in [0.3, 0.4) is 0 Å². The third kappa shape index (κ3) is 2.97. The fourth-order valence-corrected chi connectivity index (χ4v) is 4.88. The van der Waals surface area contributed by atoms with Crippen LogP contribution in [0.25, 0.3) is 0 Å². The second-order valence-corrected chi connectivity index (χ2v) is 7.37. The van der Waals surface area contributed by atoms with E-state index in [1.54, 1.807) is 11.1 Å². The summed E-state index contributed by atoms with van der Waals surface area (Å²) in [4.78, 5) is 0. The summed E-state index contributed by atoms with van der Waals surface area (Å²) in [7, 11) is 0. The van der Waals surface area contributed by atoms with Gasteiger partial charge in [-0.1, -0.05) is 46.8 Å². The molecule has 1 atom stereocenters. The lowest BCUT2D eigenvalue weighted by Gasteiger charge is -2.38. The van der Waals surface area contributed by atoms with Crippen molar-refractivity contribution in [3.63, 3.8) is 0 Å². The van der Waals surface area contributed by atoms with Gasteiger partial charge in [-0.15, -0.1) is 0 Å². The van der Waals surface area contributed by atoms with E-state index < -0.39 is 0 Å². The van der Waals surface area contributed by atoms with Gasteiger partial charge in [0.05, 0.1) is 6.61 Å². The van der Waals surface area contributed by atoms with E-state index in [2.05, 4.69) is 32.9 Å². The molecule has 0 amide bonds. The van der Waals surface area contributed by atoms with Crippen LogP contribution in [0.1, 0.15) is 89.0 Å². The molecule has 1 heteroatoms. The van der Waals surface area contributed by atoms with Crippen LogP contribution < -0.4 is 0 Å². The molecule has 0 radical (unpaired) electrons. The molecule has 1 saturated heterocycles. The first-order valence-corrected chi connectivity index (χ1v) is 9.82. The van der Waals surface area contributed by atoms with Crippen molar-refractivity contribution in [2.24, 2.45) is 5.92 Å². The SMILES string of the molecule is CC.CC.Cc1ccc(C)c2c1C1(CCC(C)CC1)CC21CO1. The van der Waals surface area contributed by atoms with Gasteiger partial charge in [-0.2, -0.15) is 0 Å². The van der Waals surface area contributed by atoms with Crippen molar-refractivity contribution in [2.45, 2.75) is 91.6 Å². The molecule has 1 aromatic rings. The molecule has 0 aromatic heterocycles. The highest BCUT2D eigenvalue weighted by Gasteiger charge is 2.61. The van der Waals surface area contributed by atoms with Gasteiger partial charge in [-0.25, -0.2) is 0 Å². The highest BCUT2D eigenvalue weighted by atomic mass is 16.6. The lowest BCUT2D eigenvalue weighted by Crippen LogP contribution is -2.30. The molecule has 1 heterocycles. The summed E-state index contributed by atoms with van der Waals surface area (Å²) in [5, 5.41) is 0. The van der Waals surface area contributed by atoms with Crippen LogP contribution in [0, 0.1) is 19.8 Å². The van der Waals surface area contributed by atoms with Crippen molar-refractivity contribution in [3.05, 3.63) is 34.4 Å². The maximum absolute atomic E-state index is 5.97. The van der Waals surface area contributed by atoms with Crippen molar-refractivity contribution in [1.82, 2.24) is 0 Å². The first-order valence-electron chi connectivity index (χ1n) is 9.82. The zero-order valence-corrected chi connectivity index (χ0v) is 16.4. The number of aryl methyl sites for hydroxylation is 2. The van der Waals surface area contributed by atoms with Gasteiger partial charge in [-0.05, 0) is 79.5 Å². The van der Waals surface area contributed by atoms with Crippen molar-refractivity contribution in [2.75, 3.05) is 6.61 Å². The summed E-state index contributed by atoms with van der Waals surface area (Å²) < 4.78 is 5.97. The van der Waals surface area contributed by atoms with Gasteiger partial charge in [0.2, 0.25) is 0 Å². The second kappa shape index (κ2) is 6.97. The number of benzene rings is 1. The topological polar surface area (TPSA) is 12.5 Å². The summed E-state index contributed by atoms with van der Waals surface area (Å²) in [6, 6.07) is 4.62. The third-order valence-electron chi connectivity index (χ3n) is 5.96. The Morgan fingerprint density at radius 2 is 1.39 bits per heavy atom. The molecule has 3 aliphatic rings. The largest absolute Gasteiger partial charge is 0.364 e. The Morgan fingerprint density at radius 3 is 1.87 bits per heavy atom. The fourth-order valence-electron chi connectivity index (χ4n) is 4.88. The Balaban J connectivity index is 0.000000448. The van der Waals surface area contributed by atoms with Crippen molar-refractivity contribution >= 4 is 0 Å². The predicted octanol–water partition coefficient (Wildman–Crippen LogP) is 6.43.